The highest BCUT2D eigenvalue weighted by Crippen LogP contribution is 2.33. The summed E-state index contributed by atoms with van der Waals surface area (Å²) >= 11 is 6.19. The van der Waals surface area contributed by atoms with Crippen LogP contribution >= 0.6 is 11.6 Å². The molecule has 0 amide bonds. The number of fused-ring (bicyclic) bond motifs is 1. The van der Waals surface area contributed by atoms with Gasteiger partial charge in [0, 0.05) is 17.8 Å². The molecule has 0 radical (unpaired) electrons. The van der Waals surface area contributed by atoms with Gasteiger partial charge < -0.3 is 5.32 Å². The van der Waals surface area contributed by atoms with E-state index in [0.717, 1.165) is 5.69 Å². The summed E-state index contributed by atoms with van der Waals surface area (Å²) in [5.41, 5.74) is 1.60. The van der Waals surface area contributed by atoms with Crippen LogP contribution in [0.2, 0.25) is 5.02 Å². The molecular weight excluding hydrogens is 317 g/mol. The average molecular weight is 328 g/mol. The first-order valence-corrected chi connectivity index (χ1v) is 7.17. The number of halogens is 2. The molecule has 1 N–H and O–H groups in total. The predicted octanol–water partition coefficient (Wildman–Crippen LogP) is 3.61. The van der Waals surface area contributed by atoms with E-state index in [2.05, 4.69) is 20.3 Å². The van der Waals surface area contributed by atoms with Crippen LogP contribution < -0.4 is 5.32 Å². The summed E-state index contributed by atoms with van der Waals surface area (Å²) in [6.45, 7) is 2.14. The molecule has 3 rings (SSSR count). The maximum Gasteiger partial charge on any atom is 0.149 e. The van der Waals surface area contributed by atoms with Gasteiger partial charge in [0.05, 0.1) is 28.5 Å². The fourth-order valence-corrected chi connectivity index (χ4v) is 2.53. The minimum atomic E-state index is -0.491. The molecule has 0 spiro atoms. The van der Waals surface area contributed by atoms with Crippen molar-refractivity contribution < 1.29 is 4.39 Å². The minimum absolute atomic E-state index is 0.123. The lowest BCUT2D eigenvalue weighted by Crippen LogP contribution is -2.06. The number of aryl methyl sites for hydroxylation is 1. The molecule has 0 aliphatic heterocycles. The topological polar surface area (TPSA) is 74.5 Å². The van der Waals surface area contributed by atoms with Gasteiger partial charge in [0.25, 0.3) is 0 Å². The Balaban J connectivity index is 2.08. The van der Waals surface area contributed by atoms with Crippen molar-refractivity contribution in [3.63, 3.8) is 0 Å². The number of nitriles is 1. The number of anilines is 1. The van der Waals surface area contributed by atoms with E-state index in [1.165, 1.54) is 18.3 Å². The van der Waals surface area contributed by atoms with E-state index in [-0.39, 0.29) is 11.1 Å². The van der Waals surface area contributed by atoms with E-state index < -0.39 is 5.82 Å². The van der Waals surface area contributed by atoms with Crippen molar-refractivity contribution >= 4 is 28.2 Å². The van der Waals surface area contributed by atoms with E-state index in [0.29, 0.717) is 28.5 Å². The highest BCUT2D eigenvalue weighted by Gasteiger charge is 2.15. The molecule has 0 fully saturated rings. The van der Waals surface area contributed by atoms with E-state index >= 15 is 0 Å². The molecule has 2 heterocycles. The van der Waals surface area contributed by atoms with Gasteiger partial charge in [-0.2, -0.15) is 5.26 Å². The van der Waals surface area contributed by atoms with Crippen molar-refractivity contribution in [1.29, 1.82) is 5.26 Å². The summed E-state index contributed by atoms with van der Waals surface area (Å²) in [7, 11) is 0. The lowest BCUT2D eigenvalue weighted by molar-refractivity contribution is 0.637. The van der Waals surface area contributed by atoms with Crippen LogP contribution in [-0.2, 0) is 6.54 Å². The van der Waals surface area contributed by atoms with Crippen LogP contribution in [0.1, 0.15) is 17.1 Å². The standard InChI is InChI=1S/C16H11ClFN5/c1-9-20-5-4-11(23-9)8-22-15-10(6-19)7-21-16-13(18)3-2-12(17)14(15)16/h2-5,7H,8H2,1H3,(H,21,22). The van der Waals surface area contributed by atoms with Gasteiger partial charge in [-0.05, 0) is 25.1 Å². The number of hydrogen-bond acceptors (Lipinski definition) is 5. The Hall–Kier alpha value is -2.78. The third-order valence-electron chi connectivity index (χ3n) is 3.32. The van der Waals surface area contributed by atoms with E-state index in [4.69, 9.17) is 11.6 Å². The molecule has 5 nitrogen and oxygen atoms in total. The van der Waals surface area contributed by atoms with Gasteiger partial charge in [-0.15, -0.1) is 0 Å². The number of aromatic nitrogens is 3. The highest BCUT2D eigenvalue weighted by atomic mass is 35.5. The summed E-state index contributed by atoms with van der Waals surface area (Å²) in [6, 6.07) is 6.50. The smallest absolute Gasteiger partial charge is 0.149 e. The molecule has 0 saturated heterocycles. The third-order valence-corrected chi connectivity index (χ3v) is 3.64. The van der Waals surface area contributed by atoms with Crippen molar-refractivity contribution in [2.75, 3.05) is 5.32 Å². The molecule has 0 unspecified atom stereocenters. The zero-order valence-corrected chi connectivity index (χ0v) is 12.9. The largest absolute Gasteiger partial charge is 0.378 e. The molecular formula is C16H11ClFN5. The summed E-state index contributed by atoms with van der Waals surface area (Å²) in [6.07, 6.45) is 2.98. The Morgan fingerprint density at radius 3 is 2.87 bits per heavy atom. The van der Waals surface area contributed by atoms with Crippen LogP contribution in [0.5, 0.6) is 0 Å². The molecule has 0 aliphatic rings. The SMILES string of the molecule is Cc1nccc(CNc2c(C#N)cnc3c(F)ccc(Cl)c23)n1. The number of benzene rings is 1. The van der Waals surface area contributed by atoms with E-state index in [1.807, 2.05) is 6.07 Å². The number of nitrogens with one attached hydrogen (secondary N) is 1. The first-order chi connectivity index (χ1) is 11.1. The fraction of sp³-hybridized carbons (Fsp3) is 0.125. The molecule has 0 aliphatic carbocycles. The summed E-state index contributed by atoms with van der Waals surface area (Å²) in [4.78, 5) is 12.3. The lowest BCUT2D eigenvalue weighted by atomic mass is 10.1. The van der Waals surface area contributed by atoms with Crippen molar-refractivity contribution in [2.24, 2.45) is 0 Å². The normalized spacial score (nSPS) is 10.5. The van der Waals surface area contributed by atoms with Gasteiger partial charge in [0.1, 0.15) is 23.2 Å². The van der Waals surface area contributed by atoms with E-state index in [9.17, 15) is 9.65 Å². The highest BCUT2D eigenvalue weighted by molar-refractivity contribution is 6.36. The molecule has 3 aromatic rings. The van der Waals surface area contributed by atoms with Gasteiger partial charge in [-0.25, -0.2) is 14.4 Å². The summed E-state index contributed by atoms with van der Waals surface area (Å²) < 4.78 is 13.9. The summed E-state index contributed by atoms with van der Waals surface area (Å²) in [5.74, 6) is 0.156. The maximum absolute atomic E-state index is 13.9. The van der Waals surface area contributed by atoms with Crippen LogP contribution in [0.4, 0.5) is 10.1 Å². The van der Waals surface area contributed by atoms with E-state index in [1.54, 1.807) is 19.2 Å². The Morgan fingerprint density at radius 1 is 1.30 bits per heavy atom. The molecule has 114 valence electrons. The molecule has 0 atom stereocenters. The van der Waals surface area contributed by atoms with Crippen LogP contribution in [-0.4, -0.2) is 15.0 Å². The monoisotopic (exact) mass is 327 g/mol. The molecule has 0 saturated carbocycles. The molecule has 1 aromatic carbocycles. The van der Waals surface area contributed by atoms with Gasteiger partial charge >= 0.3 is 0 Å². The Kier molecular flexibility index (Phi) is 4.04. The van der Waals surface area contributed by atoms with Gasteiger partial charge in [0.2, 0.25) is 0 Å². The third kappa shape index (κ3) is 2.91. The van der Waals surface area contributed by atoms with Crippen LogP contribution in [0.3, 0.4) is 0 Å². The Labute approximate surface area is 136 Å². The van der Waals surface area contributed by atoms with Crippen molar-refractivity contribution in [3.8, 4) is 6.07 Å². The minimum Gasteiger partial charge on any atom is -0.378 e. The first kappa shape index (κ1) is 15.1. The number of hydrogen-bond donors (Lipinski definition) is 1. The molecule has 2 aromatic heterocycles. The van der Waals surface area contributed by atoms with Crippen LogP contribution in [0.25, 0.3) is 10.9 Å². The van der Waals surface area contributed by atoms with Gasteiger partial charge in [-0.1, -0.05) is 11.6 Å². The maximum atomic E-state index is 13.9. The van der Waals surface area contributed by atoms with Crippen molar-refractivity contribution in [1.82, 2.24) is 15.0 Å². The number of nitrogens with zero attached hydrogens (tertiary/aromatic N) is 4. The van der Waals surface area contributed by atoms with Crippen molar-refractivity contribution in [3.05, 3.63) is 58.5 Å². The molecule has 23 heavy (non-hydrogen) atoms. The van der Waals surface area contributed by atoms with Gasteiger partial charge in [-0.3, -0.25) is 4.98 Å². The second-order valence-corrected chi connectivity index (χ2v) is 5.27. The second-order valence-electron chi connectivity index (χ2n) is 4.86. The Morgan fingerprint density at radius 2 is 2.13 bits per heavy atom. The van der Waals surface area contributed by atoms with Crippen LogP contribution in [0.15, 0.2) is 30.6 Å². The van der Waals surface area contributed by atoms with Gasteiger partial charge in [0.15, 0.2) is 0 Å². The fourth-order valence-electron chi connectivity index (χ4n) is 2.28. The Bertz CT molecular complexity index is 936. The van der Waals surface area contributed by atoms with Crippen molar-refractivity contribution in [2.45, 2.75) is 13.5 Å². The average Bonchev–Trinajstić information content (AvgIpc) is 2.55. The van der Waals surface area contributed by atoms with Crippen LogP contribution in [0, 0.1) is 24.1 Å². The molecule has 0 bridgehead atoms. The zero-order chi connectivity index (χ0) is 16.4. The lowest BCUT2D eigenvalue weighted by Gasteiger charge is -2.12. The zero-order valence-electron chi connectivity index (χ0n) is 12.1. The quantitative estimate of drug-likeness (QED) is 0.795. The number of rotatable bonds is 3. The number of pyridine rings is 1. The summed E-state index contributed by atoms with van der Waals surface area (Å²) in [5, 5.41) is 13.1. The molecule has 7 heteroatoms. The first-order valence-electron chi connectivity index (χ1n) is 6.79. The second kappa shape index (κ2) is 6.15. The predicted molar refractivity (Wildman–Crippen MR) is 85.5 cm³/mol.